The molecule has 4 nitrogen and oxygen atoms in total. The van der Waals surface area contributed by atoms with E-state index in [-0.39, 0.29) is 5.91 Å². The molecule has 1 amide bonds. The third-order valence-electron chi connectivity index (χ3n) is 3.39. The molecule has 0 aliphatic rings. The number of hydrogen-bond acceptors (Lipinski definition) is 2. The van der Waals surface area contributed by atoms with Crippen molar-refractivity contribution in [3.05, 3.63) is 44.8 Å². The zero-order valence-corrected chi connectivity index (χ0v) is 14.1. The fourth-order valence-electron chi connectivity index (χ4n) is 2.17. The fraction of sp³-hybridized carbons (Fsp3) is 0.333. The predicted molar refractivity (Wildman–Crippen MR) is 88.8 cm³/mol. The molecule has 1 heterocycles. The van der Waals surface area contributed by atoms with Gasteiger partial charge in [0.25, 0.3) is 0 Å². The minimum Gasteiger partial charge on any atom is -0.326 e. The number of nitrogens with zero attached hydrogens (tertiary/aromatic N) is 2. The Morgan fingerprint density at radius 1 is 1.30 bits per heavy atom. The normalized spacial score (nSPS) is 10.6. The Morgan fingerprint density at radius 2 is 1.95 bits per heavy atom. The van der Waals surface area contributed by atoms with E-state index in [1.165, 1.54) is 5.56 Å². The number of nitrogens with one attached hydrogen (secondary N) is 1. The summed E-state index contributed by atoms with van der Waals surface area (Å²) < 4.78 is 3.02. The zero-order valence-electron chi connectivity index (χ0n) is 11.9. The van der Waals surface area contributed by atoms with Gasteiger partial charge in [-0.3, -0.25) is 9.48 Å². The smallest absolute Gasteiger partial charge is 0.224 e. The lowest BCUT2D eigenvalue weighted by molar-refractivity contribution is -0.116. The molecule has 0 atom stereocenters. The number of carbonyl (C=O) groups is 1. The fourth-order valence-corrected chi connectivity index (χ4v) is 2.53. The van der Waals surface area contributed by atoms with Gasteiger partial charge in [-0.05, 0) is 72.7 Å². The maximum absolute atomic E-state index is 12.0. The topological polar surface area (TPSA) is 46.9 Å². The molecule has 0 fully saturated rings. The van der Waals surface area contributed by atoms with Crippen molar-refractivity contribution in [3.63, 3.8) is 0 Å². The molecule has 0 bridgehead atoms. The van der Waals surface area contributed by atoms with Crippen molar-refractivity contribution >= 4 is 34.2 Å². The van der Waals surface area contributed by atoms with Crippen LogP contribution in [0.3, 0.4) is 0 Å². The average molecular weight is 383 g/mol. The molecular weight excluding hydrogens is 365 g/mol. The van der Waals surface area contributed by atoms with E-state index in [4.69, 9.17) is 0 Å². The minimum absolute atomic E-state index is 0.0360. The van der Waals surface area contributed by atoms with Gasteiger partial charge in [-0.2, -0.15) is 5.10 Å². The molecule has 0 unspecified atom stereocenters. The molecule has 0 saturated carbocycles. The number of carbonyl (C=O) groups excluding carboxylic acids is 1. The van der Waals surface area contributed by atoms with Gasteiger partial charge in [-0.1, -0.05) is 0 Å². The Bertz CT molecular complexity index is 617. The van der Waals surface area contributed by atoms with Crippen molar-refractivity contribution in [1.82, 2.24) is 9.78 Å². The SMILES string of the molecule is Cc1nn(C)c(C)c1CCC(=O)Nc1ccc(I)cc1. The Kier molecular flexibility index (Phi) is 4.80. The van der Waals surface area contributed by atoms with Crippen molar-refractivity contribution in [2.75, 3.05) is 5.32 Å². The van der Waals surface area contributed by atoms with Gasteiger partial charge in [-0.15, -0.1) is 0 Å². The summed E-state index contributed by atoms with van der Waals surface area (Å²) in [5, 5.41) is 7.28. The van der Waals surface area contributed by atoms with E-state index in [1.807, 2.05) is 49.8 Å². The zero-order chi connectivity index (χ0) is 14.7. The second-order valence-corrected chi connectivity index (χ2v) is 6.07. The number of hydrogen-bond donors (Lipinski definition) is 1. The molecule has 0 aliphatic carbocycles. The summed E-state index contributed by atoms with van der Waals surface area (Å²) in [4.78, 5) is 12.0. The van der Waals surface area contributed by atoms with Crippen LogP contribution in [0.25, 0.3) is 0 Å². The monoisotopic (exact) mass is 383 g/mol. The van der Waals surface area contributed by atoms with Crippen molar-refractivity contribution < 1.29 is 4.79 Å². The van der Waals surface area contributed by atoms with Crippen molar-refractivity contribution in [3.8, 4) is 0 Å². The highest BCUT2D eigenvalue weighted by atomic mass is 127. The van der Waals surface area contributed by atoms with Gasteiger partial charge in [-0.25, -0.2) is 0 Å². The third kappa shape index (κ3) is 3.59. The van der Waals surface area contributed by atoms with Gasteiger partial charge in [0.15, 0.2) is 0 Å². The molecule has 1 aromatic heterocycles. The number of aromatic nitrogens is 2. The average Bonchev–Trinajstić information content (AvgIpc) is 2.64. The summed E-state index contributed by atoms with van der Waals surface area (Å²) in [6, 6.07) is 7.79. The Morgan fingerprint density at radius 3 is 2.50 bits per heavy atom. The molecule has 2 aromatic rings. The molecule has 5 heteroatoms. The summed E-state index contributed by atoms with van der Waals surface area (Å²) in [5.41, 5.74) is 4.15. The lowest BCUT2D eigenvalue weighted by Crippen LogP contribution is -2.12. The van der Waals surface area contributed by atoms with Gasteiger partial charge in [0.05, 0.1) is 5.69 Å². The summed E-state index contributed by atoms with van der Waals surface area (Å²) in [7, 11) is 1.93. The van der Waals surface area contributed by atoms with Gasteiger partial charge in [0.1, 0.15) is 0 Å². The highest BCUT2D eigenvalue weighted by Gasteiger charge is 2.11. The first-order chi connectivity index (χ1) is 9.47. The van der Waals surface area contributed by atoms with E-state index >= 15 is 0 Å². The number of halogens is 1. The van der Waals surface area contributed by atoms with E-state index < -0.39 is 0 Å². The van der Waals surface area contributed by atoms with Gasteiger partial charge in [0.2, 0.25) is 5.91 Å². The highest BCUT2D eigenvalue weighted by Crippen LogP contribution is 2.15. The van der Waals surface area contributed by atoms with Crippen LogP contribution in [0, 0.1) is 17.4 Å². The van der Waals surface area contributed by atoms with E-state index in [0.29, 0.717) is 6.42 Å². The van der Waals surface area contributed by atoms with E-state index in [1.54, 1.807) is 0 Å². The molecule has 0 spiro atoms. The number of benzene rings is 1. The molecule has 0 saturated heterocycles. The van der Waals surface area contributed by atoms with Crippen LogP contribution in [0.2, 0.25) is 0 Å². The van der Waals surface area contributed by atoms with Crippen LogP contribution in [-0.2, 0) is 18.3 Å². The lowest BCUT2D eigenvalue weighted by Gasteiger charge is -2.06. The Hall–Kier alpha value is -1.37. The van der Waals surface area contributed by atoms with E-state index in [9.17, 15) is 4.79 Å². The van der Waals surface area contributed by atoms with E-state index in [0.717, 1.165) is 27.1 Å². The number of rotatable bonds is 4. The largest absolute Gasteiger partial charge is 0.326 e. The standard InChI is InChI=1S/C15H18IN3O/c1-10-14(11(2)19(3)18-10)8-9-15(20)17-13-6-4-12(16)5-7-13/h4-7H,8-9H2,1-3H3,(H,17,20). The molecule has 2 rings (SSSR count). The lowest BCUT2D eigenvalue weighted by atomic mass is 10.1. The van der Waals surface area contributed by atoms with Crippen molar-refractivity contribution in [2.24, 2.45) is 7.05 Å². The van der Waals surface area contributed by atoms with Gasteiger partial charge < -0.3 is 5.32 Å². The Labute approximate surface area is 132 Å². The number of amides is 1. The first kappa shape index (κ1) is 15.0. The molecule has 0 aliphatic heterocycles. The first-order valence-electron chi connectivity index (χ1n) is 6.52. The van der Waals surface area contributed by atoms with Gasteiger partial charge in [0, 0.05) is 28.4 Å². The highest BCUT2D eigenvalue weighted by molar-refractivity contribution is 14.1. The summed E-state index contributed by atoms with van der Waals surface area (Å²) in [6.07, 6.45) is 1.20. The molecule has 106 valence electrons. The maximum Gasteiger partial charge on any atom is 0.224 e. The molecule has 1 N–H and O–H groups in total. The molecule has 0 radical (unpaired) electrons. The van der Waals surface area contributed by atoms with Crippen LogP contribution >= 0.6 is 22.6 Å². The predicted octanol–water partition coefficient (Wildman–Crippen LogP) is 3.21. The number of aryl methyl sites for hydroxylation is 2. The minimum atomic E-state index is 0.0360. The van der Waals surface area contributed by atoms with E-state index in [2.05, 4.69) is 33.0 Å². The van der Waals surface area contributed by atoms with Crippen LogP contribution in [0.5, 0.6) is 0 Å². The Balaban J connectivity index is 1.94. The third-order valence-corrected chi connectivity index (χ3v) is 4.11. The maximum atomic E-state index is 12.0. The molecular formula is C15H18IN3O. The summed E-state index contributed by atoms with van der Waals surface area (Å²) in [6.45, 7) is 4.02. The summed E-state index contributed by atoms with van der Waals surface area (Å²) in [5.74, 6) is 0.0360. The van der Waals surface area contributed by atoms with Crippen molar-refractivity contribution in [2.45, 2.75) is 26.7 Å². The van der Waals surface area contributed by atoms with Crippen LogP contribution in [0.4, 0.5) is 5.69 Å². The first-order valence-corrected chi connectivity index (χ1v) is 7.59. The number of anilines is 1. The van der Waals surface area contributed by atoms with Gasteiger partial charge >= 0.3 is 0 Å². The molecule has 1 aromatic carbocycles. The van der Waals surface area contributed by atoms with Crippen LogP contribution in [0.1, 0.15) is 23.4 Å². The second-order valence-electron chi connectivity index (χ2n) is 4.83. The van der Waals surface area contributed by atoms with Crippen molar-refractivity contribution in [1.29, 1.82) is 0 Å². The van der Waals surface area contributed by atoms with Crippen LogP contribution < -0.4 is 5.32 Å². The van der Waals surface area contributed by atoms with Crippen LogP contribution in [-0.4, -0.2) is 15.7 Å². The quantitative estimate of drug-likeness (QED) is 0.825. The van der Waals surface area contributed by atoms with Crippen LogP contribution in [0.15, 0.2) is 24.3 Å². The second kappa shape index (κ2) is 6.39. The molecule has 20 heavy (non-hydrogen) atoms. The summed E-state index contributed by atoms with van der Waals surface area (Å²) >= 11 is 2.24.